The van der Waals surface area contributed by atoms with Crippen LogP contribution in [0.25, 0.3) is 33.6 Å². The van der Waals surface area contributed by atoms with Crippen molar-refractivity contribution < 1.29 is 28.7 Å². The minimum atomic E-state index is -0.683. The Kier molecular flexibility index (Phi) is 11.7. The Morgan fingerprint density at radius 2 is 0.967 bits per heavy atom. The van der Waals surface area contributed by atoms with Crippen LogP contribution < -0.4 is 10.6 Å². The maximum Gasteiger partial charge on any atom is 0.407 e. The van der Waals surface area contributed by atoms with Gasteiger partial charge >= 0.3 is 12.2 Å². The summed E-state index contributed by atoms with van der Waals surface area (Å²) in [6.07, 6.45) is 12.1. The summed E-state index contributed by atoms with van der Waals surface area (Å²) >= 11 is 0. The SMILES string of the molecule is COC(=O)NC(C(=O)N1CCC[C@H]1c1ncc(-c2ccc(-c3ccc(-c4cnc([C@@H]5CCCN5C(=O)[C@@H](NC(=O)OC)C(C)C)[nH]4)c4c3CCC4)c3c2CCC3)[nH]1)C(C)C. The van der Waals surface area contributed by atoms with E-state index < -0.39 is 24.3 Å². The van der Waals surface area contributed by atoms with Crippen LogP contribution in [0.1, 0.15) is 112 Å². The third-order valence-electron chi connectivity index (χ3n) is 13.1. The Balaban J connectivity index is 1.04. The van der Waals surface area contributed by atoms with Crippen LogP contribution in [0.2, 0.25) is 0 Å². The number of hydrogen-bond donors (Lipinski definition) is 4. The molecular formula is C46H58N8O6. The first-order valence-electron chi connectivity index (χ1n) is 21.7. The van der Waals surface area contributed by atoms with Gasteiger partial charge in [0.15, 0.2) is 0 Å². The highest BCUT2D eigenvalue weighted by Gasteiger charge is 2.39. The third-order valence-corrected chi connectivity index (χ3v) is 13.1. The third kappa shape index (κ3) is 7.64. The lowest BCUT2D eigenvalue weighted by Gasteiger charge is -2.30. The van der Waals surface area contributed by atoms with Crippen LogP contribution in [-0.2, 0) is 44.7 Å². The largest absolute Gasteiger partial charge is 0.453 e. The topological polar surface area (TPSA) is 175 Å². The Morgan fingerprint density at radius 3 is 1.33 bits per heavy atom. The molecule has 0 spiro atoms. The number of carbonyl (C=O) groups is 4. The van der Waals surface area contributed by atoms with Crippen molar-refractivity contribution in [3.63, 3.8) is 0 Å². The first-order chi connectivity index (χ1) is 29.0. The van der Waals surface area contributed by atoms with Gasteiger partial charge in [-0.1, -0.05) is 52.0 Å². The number of amides is 4. The number of fused-ring (bicyclic) bond motifs is 2. The number of likely N-dealkylation sites (tertiary alicyclic amines) is 2. The summed E-state index contributed by atoms with van der Waals surface area (Å²) in [7, 11) is 2.61. The smallest absolute Gasteiger partial charge is 0.407 e. The number of hydrogen-bond acceptors (Lipinski definition) is 8. The van der Waals surface area contributed by atoms with Crippen molar-refractivity contribution in [3.8, 4) is 33.6 Å². The van der Waals surface area contributed by atoms with Crippen LogP contribution in [0.3, 0.4) is 0 Å². The van der Waals surface area contributed by atoms with Crippen molar-refractivity contribution in [2.24, 2.45) is 11.8 Å². The quantitative estimate of drug-likeness (QED) is 0.123. The summed E-state index contributed by atoms with van der Waals surface area (Å²) in [5, 5.41) is 5.47. The predicted octanol–water partition coefficient (Wildman–Crippen LogP) is 7.20. The van der Waals surface area contributed by atoms with Crippen LogP contribution in [-0.4, -0.2) is 93.1 Å². The van der Waals surface area contributed by atoms with Gasteiger partial charge in [0, 0.05) is 24.2 Å². The van der Waals surface area contributed by atoms with Gasteiger partial charge in [-0.05, 0) is 109 Å². The number of methoxy groups -OCH3 is 2. The van der Waals surface area contributed by atoms with E-state index in [0.717, 1.165) is 98.4 Å². The molecule has 0 bridgehead atoms. The maximum atomic E-state index is 13.8. The van der Waals surface area contributed by atoms with Crippen molar-refractivity contribution in [2.75, 3.05) is 27.3 Å². The van der Waals surface area contributed by atoms with Gasteiger partial charge in [-0.15, -0.1) is 0 Å². The van der Waals surface area contributed by atoms with Crippen LogP contribution in [0.15, 0.2) is 36.7 Å². The van der Waals surface area contributed by atoms with E-state index in [1.54, 1.807) is 0 Å². The normalized spacial score (nSPS) is 19.4. The molecule has 8 rings (SSSR count). The van der Waals surface area contributed by atoms with Crippen LogP contribution >= 0.6 is 0 Å². The predicted molar refractivity (Wildman–Crippen MR) is 227 cm³/mol. The van der Waals surface area contributed by atoms with E-state index in [9.17, 15) is 19.2 Å². The van der Waals surface area contributed by atoms with Gasteiger partial charge in [-0.3, -0.25) is 9.59 Å². The van der Waals surface area contributed by atoms with Gasteiger partial charge in [0.1, 0.15) is 23.7 Å². The van der Waals surface area contributed by atoms with Crippen LogP contribution in [0, 0.1) is 11.8 Å². The summed E-state index contributed by atoms with van der Waals surface area (Å²) in [4.78, 5) is 72.3. The van der Waals surface area contributed by atoms with Crippen LogP contribution in [0.4, 0.5) is 9.59 Å². The fraction of sp³-hybridized carbons (Fsp3) is 0.522. The highest BCUT2D eigenvalue weighted by atomic mass is 16.5. The van der Waals surface area contributed by atoms with Crippen molar-refractivity contribution in [2.45, 2.75) is 116 Å². The monoisotopic (exact) mass is 818 g/mol. The maximum absolute atomic E-state index is 13.8. The van der Waals surface area contributed by atoms with Crippen molar-refractivity contribution >= 4 is 24.0 Å². The molecule has 2 fully saturated rings. The highest BCUT2D eigenvalue weighted by molar-refractivity contribution is 5.88. The molecule has 14 nitrogen and oxygen atoms in total. The Hall–Kier alpha value is -5.66. The summed E-state index contributed by atoms with van der Waals surface area (Å²) in [6.45, 7) is 8.90. The number of carbonyl (C=O) groups excluding carboxylic acids is 4. The van der Waals surface area contributed by atoms with E-state index in [2.05, 4.69) is 44.9 Å². The number of nitrogens with one attached hydrogen (secondary N) is 4. The lowest BCUT2D eigenvalue weighted by atomic mass is 9.87. The molecule has 2 aromatic carbocycles. The molecular weight excluding hydrogens is 761 g/mol. The molecule has 4 N–H and O–H groups in total. The van der Waals surface area contributed by atoms with Gasteiger partial charge in [-0.2, -0.15) is 0 Å². The summed E-state index contributed by atoms with van der Waals surface area (Å²) in [5.41, 5.74) is 12.3. The van der Waals surface area contributed by atoms with Gasteiger partial charge in [0.25, 0.3) is 0 Å². The molecule has 4 aromatic rings. The molecule has 2 aliphatic heterocycles. The second-order valence-electron chi connectivity index (χ2n) is 17.4. The molecule has 14 heteroatoms. The zero-order chi connectivity index (χ0) is 42.2. The van der Waals surface area contributed by atoms with Gasteiger partial charge in [0.2, 0.25) is 11.8 Å². The number of ether oxygens (including phenoxy) is 2. The molecule has 318 valence electrons. The molecule has 4 heterocycles. The van der Waals surface area contributed by atoms with Gasteiger partial charge in [0.05, 0.1) is 50.1 Å². The van der Waals surface area contributed by atoms with E-state index in [4.69, 9.17) is 19.4 Å². The molecule has 2 saturated heterocycles. The van der Waals surface area contributed by atoms with E-state index in [1.807, 2.05) is 49.9 Å². The fourth-order valence-corrected chi connectivity index (χ4v) is 10.1. The molecule has 4 amide bonds. The Morgan fingerprint density at radius 1 is 0.600 bits per heavy atom. The average molecular weight is 819 g/mol. The number of H-pyrrole nitrogens is 2. The lowest BCUT2D eigenvalue weighted by Crippen LogP contribution is -2.51. The van der Waals surface area contributed by atoms with E-state index in [1.165, 1.54) is 47.6 Å². The summed E-state index contributed by atoms with van der Waals surface area (Å²) < 4.78 is 9.62. The zero-order valence-corrected chi connectivity index (χ0v) is 35.7. The Bertz CT molecular complexity index is 2120. The molecule has 0 saturated carbocycles. The minimum Gasteiger partial charge on any atom is -0.453 e. The van der Waals surface area contributed by atoms with Crippen molar-refractivity contribution in [1.29, 1.82) is 0 Å². The van der Waals surface area contributed by atoms with Crippen molar-refractivity contribution in [1.82, 2.24) is 40.4 Å². The standard InChI is InChI=1S/C46H58N8O6/c1-25(2)39(51-45(57)59-5)43(55)53-21-9-15-37(53)41-47-23-35(49-41)33-19-17-31(27-11-7-13-29(27)33)32-18-20-34(30-14-8-12-28(30)32)36-24-48-42(50-36)38-16-10-22-54(38)44(56)40(26(3)4)52-46(58)60-6/h17-20,23-26,37-40H,7-16,21-22H2,1-6H3,(H,47,49)(H,48,50)(H,51,57)(H,52,58)/t37-,38-,39-,40?/m0/s1. The number of nitrogens with zero attached hydrogens (tertiary/aromatic N) is 4. The van der Waals surface area contributed by atoms with E-state index in [-0.39, 0.29) is 35.7 Å². The van der Waals surface area contributed by atoms with E-state index >= 15 is 0 Å². The second kappa shape index (κ2) is 17.1. The molecule has 60 heavy (non-hydrogen) atoms. The van der Waals surface area contributed by atoms with E-state index in [0.29, 0.717) is 13.1 Å². The average Bonchev–Trinajstić information content (AvgIpc) is 4.10. The second-order valence-corrected chi connectivity index (χ2v) is 17.4. The summed E-state index contributed by atoms with van der Waals surface area (Å²) in [5.74, 6) is 1.10. The first kappa shape index (κ1) is 41.1. The number of benzene rings is 2. The number of rotatable bonds is 11. The fourth-order valence-electron chi connectivity index (χ4n) is 10.1. The lowest BCUT2D eigenvalue weighted by molar-refractivity contribution is -0.136. The number of aromatic amines is 2. The van der Waals surface area contributed by atoms with Gasteiger partial charge in [-0.25, -0.2) is 19.6 Å². The van der Waals surface area contributed by atoms with Gasteiger partial charge < -0.3 is 39.9 Å². The molecule has 2 aliphatic carbocycles. The molecule has 1 unspecified atom stereocenters. The Labute approximate surface area is 351 Å². The number of alkyl carbamates (subject to hydrolysis) is 2. The molecule has 4 aliphatic rings. The molecule has 4 atom stereocenters. The van der Waals surface area contributed by atoms with Crippen molar-refractivity contribution in [3.05, 3.63) is 70.6 Å². The summed E-state index contributed by atoms with van der Waals surface area (Å²) in [6, 6.07) is 7.28. The molecule has 0 radical (unpaired) electrons. The molecule has 2 aromatic heterocycles. The number of imidazole rings is 2. The first-order valence-corrected chi connectivity index (χ1v) is 21.7. The zero-order valence-electron chi connectivity index (χ0n) is 35.7. The number of aromatic nitrogens is 4. The highest BCUT2D eigenvalue weighted by Crippen LogP contribution is 2.44. The minimum absolute atomic E-state index is 0.101. The van der Waals surface area contributed by atoms with Crippen LogP contribution in [0.5, 0.6) is 0 Å².